The van der Waals surface area contributed by atoms with Crippen molar-refractivity contribution in [3.63, 3.8) is 0 Å². The molecule has 0 radical (unpaired) electrons. The smallest absolute Gasteiger partial charge is 0.136 e. The van der Waals surface area contributed by atoms with Crippen molar-refractivity contribution in [3.05, 3.63) is 23.7 Å². The first kappa shape index (κ1) is 10.3. The predicted molar refractivity (Wildman–Crippen MR) is 54.9 cm³/mol. The summed E-state index contributed by atoms with van der Waals surface area (Å²) in [5, 5.41) is 19.4. The Labute approximate surface area is 89.3 Å². The number of rotatable bonds is 2. The molecular formula is C12H15NO2. The van der Waals surface area contributed by atoms with E-state index >= 15 is 0 Å². The number of furan rings is 1. The van der Waals surface area contributed by atoms with Gasteiger partial charge in [-0.2, -0.15) is 5.26 Å². The van der Waals surface area contributed by atoms with Crippen LogP contribution >= 0.6 is 0 Å². The molecule has 0 amide bonds. The Bertz CT molecular complexity index is 383. The Morgan fingerprint density at radius 1 is 1.53 bits per heavy atom. The first-order chi connectivity index (χ1) is 7.19. The first-order valence-electron chi connectivity index (χ1n) is 5.33. The van der Waals surface area contributed by atoms with Crippen molar-refractivity contribution in [2.45, 2.75) is 38.7 Å². The van der Waals surface area contributed by atoms with Gasteiger partial charge in [-0.15, -0.1) is 0 Å². The van der Waals surface area contributed by atoms with E-state index in [4.69, 9.17) is 4.42 Å². The lowest BCUT2D eigenvalue weighted by atomic mass is 9.80. The number of aryl methyl sites for hydroxylation is 1. The molecule has 1 saturated carbocycles. The van der Waals surface area contributed by atoms with Crippen LogP contribution in [0.25, 0.3) is 0 Å². The Kier molecular flexibility index (Phi) is 2.54. The van der Waals surface area contributed by atoms with Gasteiger partial charge in [-0.1, -0.05) is 12.8 Å². The second-order valence-corrected chi connectivity index (χ2v) is 4.35. The molecule has 0 bridgehead atoms. The third-order valence-corrected chi connectivity index (χ3v) is 3.39. The van der Waals surface area contributed by atoms with E-state index in [9.17, 15) is 10.4 Å². The van der Waals surface area contributed by atoms with Gasteiger partial charge < -0.3 is 9.52 Å². The maximum Gasteiger partial charge on any atom is 0.136 e. The molecule has 1 aromatic rings. The summed E-state index contributed by atoms with van der Waals surface area (Å²) in [5.74, 6) is 0.554. The van der Waals surface area contributed by atoms with Gasteiger partial charge in [-0.05, 0) is 31.4 Å². The molecule has 1 aliphatic rings. The molecule has 1 aromatic heterocycles. The third kappa shape index (κ3) is 1.55. The van der Waals surface area contributed by atoms with Crippen molar-refractivity contribution in [1.29, 1.82) is 5.26 Å². The topological polar surface area (TPSA) is 57.2 Å². The zero-order valence-electron chi connectivity index (χ0n) is 8.86. The van der Waals surface area contributed by atoms with E-state index in [1.165, 1.54) is 0 Å². The van der Waals surface area contributed by atoms with Crippen molar-refractivity contribution in [1.82, 2.24) is 0 Å². The molecule has 1 heterocycles. The zero-order valence-corrected chi connectivity index (χ0v) is 8.86. The lowest BCUT2D eigenvalue weighted by molar-refractivity contribution is 0.0470. The monoisotopic (exact) mass is 205 g/mol. The van der Waals surface area contributed by atoms with Crippen LogP contribution in [0.3, 0.4) is 0 Å². The summed E-state index contributed by atoms with van der Waals surface area (Å²) in [4.78, 5) is 0. The lowest BCUT2D eigenvalue weighted by Gasteiger charge is -2.25. The van der Waals surface area contributed by atoms with Gasteiger partial charge in [0.1, 0.15) is 11.9 Å². The minimum Gasteiger partial charge on any atom is -0.466 e. The van der Waals surface area contributed by atoms with Crippen LogP contribution < -0.4 is 0 Å². The fourth-order valence-electron chi connectivity index (χ4n) is 2.37. The molecule has 0 spiro atoms. The Morgan fingerprint density at radius 2 is 2.20 bits per heavy atom. The van der Waals surface area contributed by atoms with Crippen LogP contribution in [0.2, 0.25) is 0 Å². The molecule has 1 N–H and O–H groups in total. The number of nitriles is 1. The fourth-order valence-corrected chi connectivity index (χ4v) is 2.37. The number of hydrogen-bond acceptors (Lipinski definition) is 3. The molecule has 3 heteroatoms. The molecule has 2 rings (SSSR count). The highest BCUT2D eigenvalue weighted by Gasteiger charge is 2.43. The molecular weight excluding hydrogens is 190 g/mol. The maximum atomic E-state index is 10.2. The standard InChI is InChI=1S/C12H15NO2/c1-9-4-7-15-10(9)11(14)12(8-13)5-2-3-6-12/h4,7,11,14H,2-3,5-6H2,1H3. The number of aliphatic hydroxyl groups is 1. The molecule has 1 fully saturated rings. The van der Waals surface area contributed by atoms with E-state index in [2.05, 4.69) is 6.07 Å². The van der Waals surface area contributed by atoms with Crippen LogP contribution in [0.5, 0.6) is 0 Å². The Balaban J connectivity index is 2.31. The Morgan fingerprint density at radius 3 is 2.67 bits per heavy atom. The van der Waals surface area contributed by atoms with E-state index in [1.807, 2.05) is 13.0 Å². The van der Waals surface area contributed by atoms with Crippen molar-refractivity contribution < 1.29 is 9.52 Å². The average molecular weight is 205 g/mol. The van der Waals surface area contributed by atoms with Crippen molar-refractivity contribution in [2.75, 3.05) is 0 Å². The predicted octanol–water partition coefficient (Wildman–Crippen LogP) is 2.71. The fraction of sp³-hybridized carbons (Fsp3) is 0.583. The van der Waals surface area contributed by atoms with E-state index in [0.29, 0.717) is 5.76 Å². The van der Waals surface area contributed by atoms with Gasteiger partial charge in [-0.3, -0.25) is 0 Å². The zero-order chi connectivity index (χ0) is 10.9. The largest absolute Gasteiger partial charge is 0.466 e. The van der Waals surface area contributed by atoms with Gasteiger partial charge in [0.25, 0.3) is 0 Å². The van der Waals surface area contributed by atoms with E-state index in [-0.39, 0.29) is 0 Å². The highest BCUT2D eigenvalue weighted by atomic mass is 16.4. The van der Waals surface area contributed by atoms with E-state index in [1.54, 1.807) is 6.26 Å². The summed E-state index contributed by atoms with van der Waals surface area (Å²) < 4.78 is 5.26. The van der Waals surface area contributed by atoms with Gasteiger partial charge in [0.15, 0.2) is 0 Å². The quantitative estimate of drug-likeness (QED) is 0.807. The van der Waals surface area contributed by atoms with Crippen LogP contribution in [0, 0.1) is 23.7 Å². The lowest BCUT2D eigenvalue weighted by Crippen LogP contribution is -2.24. The van der Waals surface area contributed by atoms with Gasteiger partial charge in [-0.25, -0.2) is 0 Å². The normalized spacial score (nSPS) is 21.1. The molecule has 3 nitrogen and oxygen atoms in total. The second kappa shape index (κ2) is 3.71. The molecule has 80 valence electrons. The highest BCUT2D eigenvalue weighted by Crippen LogP contribution is 2.47. The minimum atomic E-state index is -0.778. The summed E-state index contributed by atoms with van der Waals surface area (Å²) in [6.45, 7) is 1.89. The molecule has 15 heavy (non-hydrogen) atoms. The average Bonchev–Trinajstić information content (AvgIpc) is 2.86. The van der Waals surface area contributed by atoms with Crippen molar-refractivity contribution in [2.24, 2.45) is 5.41 Å². The van der Waals surface area contributed by atoms with Crippen LogP contribution in [0.15, 0.2) is 16.7 Å². The third-order valence-electron chi connectivity index (χ3n) is 3.39. The summed E-state index contributed by atoms with van der Waals surface area (Å²) in [5.41, 5.74) is 0.298. The number of nitrogens with zero attached hydrogens (tertiary/aromatic N) is 1. The van der Waals surface area contributed by atoms with E-state index < -0.39 is 11.5 Å². The van der Waals surface area contributed by atoms with Gasteiger partial charge in [0.05, 0.1) is 17.7 Å². The highest BCUT2D eigenvalue weighted by molar-refractivity contribution is 5.22. The van der Waals surface area contributed by atoms with Gasteiger partial charge in [0.2, 0.25) is 0 Å². The molecule has 0 aliphatic heterocycles. The maximum absolute atomic E-state index is 10.2. The summed E-state index contributed by atoms with van der Waals surface area (Å²) in [6, 6.07) is 4.10. The van der Waals surface area contributed by atoms with Crippen LogP contribution in [-0.4, -0.2) is 5.11 Å². The molecule has 1 aliphatic carbocycles. The summed E-state index contributed by atoms with van der Waals surface area (Å²) in [7, 11) is 0. The molecule has 0 saturated heterocycles. The molecule has 1 unspecified atom stereocenters. The van der Waals surface area contributed by atoms with Crippen LogP contribution in [-0.2, 0) is 0 Å². The summed E-state index contributed by atoms with van der Waals surface area (Å²) >= 11 is 0. The molecule has 1 atom stereocenters. The SMILES string of the molecule is Cc1ccoc1C(O)C1(C#N)CCCC1. The Hall–Kier alpha value is -1.27. The van der Waals surface area contributed by atoms with Gasteiger partial charge in [0, 0.05) is 0 Å². The molecule has 0 aromatic carbocycles. The number of hydrogen-bond donors (Lipinski definition) is 1. The second-order valence-electron chi connectivity index (χ2n) is 4.35. The summed E-state index contributed by atoms with van der Waals surface area (Å²) in [6.07, 6.45) is 4.36. The first-order valence-corrected chi connectivity index (χ1v) is 5.33. The van der Waals surface area contributed by atoms with Gasteiger partial charge >= 0.3 is 0 Å². The van der Waals surface area contributed by atoms with Crippen LogP contribution in [0.1, 0.15) is 43.1 Å². The number of aliphatic hydroxyl groups excluding tert-OH is 1. The van der Waals surface area contributed by atoms with Crippen molar-refractivity contribution in [3.8, 4) is 6.07 Å². The van der Waals surface area contributed by atoms with Crippen molar-refractivity contribution >= 4 is 0 Å². The minimum absolute atomic E-state index is 0.554. The van der Waals surface area contributed by atoms with Crippen LogP contribution in [0.4, 0.5) is 0 Å². The van der Waals surface area contributed by atoms with E-state index in [0.717, 1.165) is 31.2 Å².